The van der Waals surface area contributed by atoms with Gasteiger partial charge in [-0.05, 0) is 64.2 Å². The first-order valence-electron chi connectivity index (χ1n) is 23.4. The van der Waals surface area contributed by atoms with E-state index in [1.54, 1.807) is 0 Å². The zero-order valence-electron chi connectivity index (χ0n) is 36.9. The minimum absolute atomic E-state index is 0.0495. The van der Waals surface area contributed by atoms with Crippen molar-refractivity contribution in [3.63, 3.8) is 0 Å². The Balaban J connectivity index is 4.69. The van der Waals surface area contributed by atoms with Crippen molar-refractivity contribution in [2.75, 3.05) is 6.61 Å². The van der Waals surface area contributed by atoms with Crippen LogP contribution in [0.4, 0.5) is 0 Å². The van der Waals surface area contributed by atoms with Crippen molar-refractivity contribution in [3.8, 4) is 0 Å². The van der Waals surface area contributed by atoms with Crippen LogP contribution in [0.2, 0.25) is 0 Å². The molecule has 0 spiro atoms. The maximum absolute atomic E-state index is 13.1. The zero-order valence-corrected chi connectivity index (χ0v) is 36.9. The van der Waals surface area contributed by atoms with Gasteiger partial charge in [-0.1, -0.05) is 209 Å². The number of nitrogens with one attached hydrogen (secondary N) is 1. The van der Waals surface area contributed by atoms with Crippen molar-refractivity contribution in [3.05, 3.63) is 85.1 Å². The number of hydrogen-bond acceptors (Lipinski definition) is 5. The summed E-state index contributed by atoms with van der Waals surface area (Å²) in [6.45, 7) is 6.17. The Morgan fingerprint density at radius 3 is 1.44 bits per heavy atom. The van der Waals surface area contributed by atoms with E-state index in [0.29, 0.717) is 19.3 Å². The lowest BCUT2D eigenvalue weighted by molar-refractivity contribution is -0.151. The number of ether oxygens (including phenoxy) is 1. The molecule has 0 aliphatic carbocycles. The standard InChI is InChI=1S/C51H87NO5/c1-4-7-10-13-16-19-22-24-25-27-29-32-35-38-41-44-51(56)57-47(42-39-36-33-30-28-26-23-20-17-14-11-8-5-2)45-50(55)52-48(46-53)49(54)43-40-37-34-31-21-18-15-12-9-6-3/h7-8,10-11,13-14,16-17,19-20,22-25,47-49,53-54H,4-6,9,12,15,18,21,26-46H2,1-3H3,(H,52,55)/b10-7+,11-8+,16-13+,17-14+,22-19+,23-20+,25-24-. The summed E-state index contributed by atoms with van der Waals surface area (Å²) in [6, 6.07) is -0.716. The first-order chi connectivity index (χ1) is 28.0. The normalized spacial score (nSPS) is 14.1. The molecule has 0 rings (SSSR count). The van der Waals surface area contributed by atoms with Gasteiger partial charge in [0.2, 0.25) is 5.91 Å². The smallest absolute Gasteiger partial charge is 0.306 e. The van der Waals surface area contributed by atoms with Crippen LogP contribution in [0.1, 0.15) is 201 Å². The van der Waals surface area contributed by atoms with Gasteiger partial charge in [0.25, 0.3) is 0 Å². The fourth-order valence-corrected chi connectivity index (χ4v) is 6.62. The van der Waals surface area contributed by atoms with Crippen molar-refractivity contribution >= 4 is 11.9 Å². The lowest BCUT2D eigenvalue weighted by Gasteiger charge is -2.24. The Kier molecular flexibility index (Phi) is 41.9. The van der Waals surface area contributed by atoms with Crippen LogP contribution in [-0.2, 0) is 14.3 Å². The molecule has 3 atom stereocenters. The Hall–Kier alpha value is -2.96. The molecule has 0 radical (unpaired) electrons. The van der Waals surface area contributed by atoms with Crippen LogP contribution in [0.25, 0.3) is 0 Å². The summed E-state index contributed by atoms with van der Waals surface area (Å²) in [5.74, 6) is -0.530. The Labute approximate surface area is 351 Å². The predicted octanol–water partition coefficient (Wildman–Crippen LogP) is 13.6. The molecule has 0 aromatic heterocycles. The second-order valence-corrected chi connectivity index (χ2v) is 15.5. The van der Waals surface area contributed by atoms with Crippen molar-refractivity contribution in [1.82, 2.24) is 5.32 Å². The quantitative estimate of drug-likeness (QED) is 0.0326. The fourth-order valence-electron chi connectivity index (χ4n) is 6.62. The molecule has 0 bridgehead atoms. The number of aliphatic hydroxyl groups is 2. The molecule has 1 amide bonds. The molecule has 6 heteroatoms. The minimum Gasteiger partial charge on any atom is -0.462 e. The largest absolute Gasteiger partial charge is 0.462 e. The van der Waals surface area contributed by atoms with Gasteiger partial charge in [0, 0.05) is 6.42 Å². The van der Waals surface area contributed by atoms with E-state index < -0.39 is 18.2 Å². The third-order valence-corrected chi connectivity index (χ3v) is 10.1. The van der Waals surface area contributed by atoms with E-state index in [9.17, 15) is 19.8 Å². The van der Waals surface area contributed by atoms with Gasteiger partial charge in [-0.2, -0.15) is 0 Å². The SMILES string of the molecule is CC/C=C/C=C/C=C/C=C\CCCCCCCC(=O)OC(CCCCCCC/C=C/C=C/C=C/CC)CC(=O)NC(CO)C(O)CCCCCCCCCCCC. The highest BCUT2D eigenvalue weighted by Gasteiger charge is 2.24. The van der Waals surface area contributed by atoms with Crippen molar-refractivity contribution in [2.45, 2.75) is 219 Å². The molecule has 57 heavy (non-hydrogen) atoms. The highest BCUT2D eigenvalue weighted by molar-refractivity contribution is 5.77. The molecule has 0 saturated heterocycles. The van der Waals surface area contributed by atoms with Crippen molar-refractivity contribution < 1.29 is 24.5 Å². The zero-order chi connectivity index (χ0) is 41.7. The maximum atomic E-state index is 13.1. The van der Waals surface area contributed by atoms with Gasteiger partial charge in [0.1, 0.15) is 6.10 Å². The number of carbonyl (C=O) groups is 2. The van der Waals surface area contributed by atoms with Crippen LogP contribution in [0.5, 0.6) is 0 Å². The van der Waals surface area contributed by atoms with Crippen LogP contribution >= 0.6 is 0 Å². The van der Waals surface area contributed by atoms with E-state index >= 15 is 0 Å². The third-order valence-electron chi connectivity index (χ3n) is 10.1. The first kappa shape index (κ1) is 54.0. The number of allylic oxidation sites excluding steroid dienone is 14. The van der Waals surface area contributed by atoms with Gasteiger partial charge in [-0.3, -0.25) is 9.59 Å². The summed E-state index contributed by atoms with van der Waals surface area (Å²) in [5, 5.41) is 23.6. The molecule has 0 aliphatic rings. The van der Waals surface area contributed by atoms with Crippen molar-refractivity contribution in [1.29, 1.82) is 0 Å². The number of aliphatic hydroxyl groups excluding tert-OH is 2. The van der Waals surface area contributed by atoms with Gasteiger partial charge >= 0.3 is 5.97 Å². The van der Waals surface area contributed by atoms with Gasteiger partial charge in [0.15, 0.2) is 0 Å². The summed E-state index contributed by atoms with van der Waals surface area (Å²) >= 11 is 0. The second-order valence-electron chi connectivity index (χ2n) is 15.5. The Bertz CT molecular complexity index is 1120. The van der Waals surface area contributed by atoms with E-state index in [1.807, 2.05) is 18.2 Å². The van der Waals surface area contributed by atoms with Crippen LogP contribution in [-0.4, -0.2) is 46.9 Å². The lowest BCUT2D eigenvalue weighted by atomic mass is 10.0. The molecule has 0 aliphatic heterocycles. The van der Waals surface area contributed by atoms with Crippen LogP contribution < -0.4 is 5.32 Å². The fraction of sp³-hybridized carbons (Fsp3) is 0.686. The summed E-state index contributed by atoms with van der Waals surface area (Å²) in [5.41, 5.74) is 0. The first-order valence-corrected chi connectivity index (χ1v) is 23.4. The molecule has 326 valence electrons. The highest BCUT2D eigenvalue weighted by Crippen LogP contribution is 2.17. The highest BCUT2D eigenvalue weighted by atomic mass is 16.5. The van der Waals surface area contributed by atoms with E-state index in [1.165, 1.54) is 44.9 Å². The number of unbranched alkanes of at least 4 members (excludes halogenated alkanes) is 19. The maximum Gasteiger partial charge on any atom is 0.306 e. The number of esters is 1. The van der Waals surface area contributed by atoms with Crippen LogP contribution in [0.3, 0.4) is 0 Å². The number of amides is 1. The average Bonchev–Trinajstić information content (AvgIpc) is 3.20. The molecule has 6 nitrogen and oxygen atoms in total. The summed E-state index contributed by atoms with van der Waals surface area (Å²) in [6.07, 6.45) is 56.4. The summed E-state index contributed by atoms with van der Waals surface area (Å²) in [4.78, 5) is 26.0. The molecule has 0 heterocycles. The molecule has 0 aromatic rings. The molecule has 3 N–H and O–H groups in total. The molecule has 0 fully saturated rings. The van der Waals surface area contributed by atoms with Crippen molar-refractivity contribution in [2.24, 2.45) is 0 Å². The molecule has 0 saturated carbocycles. The van der Waals surface area contributed by atoms with Crippen LogP contribution in [0.15, 0.2) is 85.1 Å². The van der Waals surface area contributed by atoms with E-state index in [2.05, 4.69) is 92.9 Å². The molecule has 0 aromatic carbocycles. The number of rotatable bonds is 40. The van der Waals surface area contributed by atoms with Gasteiger partial charge in [-0.25, -0.2) is 0 Å². The molecular formula is C51H87NO5. The second kappa shape index (κ2) is 44.1. The average molecular weight is 794 g/mol. The predicted molar refractivity (Wildman–Crippen MR) is 245 cm³/mol. The van der Waals surface area contributed by atoms with Crippen LogP contribution in [0, 0.1) is 0 Å². The number of carbonyl (C=O) groups excluding carboxylic acids is 2. The molecule has 3 unspecified atom stereocenters. The summed E-state index contributed by atoms with van der Waals surface area (Å²) < 4.78 is 5.89. The van der Waals surface area contributed by atoms with Gasteiger partial charge < -0.3 is 20.3 Å². The van der Waals surface area contributed by atoms with E-state index in [0.717, 1.165) is 109 Å². The Morgan fingerprint density at radius 1 is 0.526 bits per heavy atom. The number of hydrogen-bond donors (Lipinski definition) is 3. The minimum atomic E-state index is -0.800. The van der Waals surface area contributed by atoms with E-state index in [-0.39, 0.29) is 24.9 Å². The van der Waals surface area contributed by atoms with E-state index in [4.69, 9.17) is 4.74 Å². The topological polar surface area (TPSA) is 95.9 Å². The molecular weight excluding hydrogens is 707 g/mol. The third kappa shape index (κ3) is 39.6. The lowest BCUT2D eigenvalue weighted by Crippen LogP contribution is -2.46. The summed E-state index contributed by atoms with van der Waals surface area (Å²) in [7, 11) is 0. The Morgan fingerprint density at radius 2 is 0.947 bits per heavy atom. The monoisotopic (exact) mass is 794 g/mol. The van der Waals surface area contributed by atoms with Gasteiger partial charge in [0.05, 0.1) is 25.2 Å². The van der Waals surface area contributed by atoms with Gasteiger partial charge in [-0.15, -0.1) is 0 Å².